The number of halogens is 3. The monoisotopic (exact) mass is 726 g/mol. The Labute approximate surface area is 301 Å². The number of amides is 4. The van der Waals surface area contributed by atoms with E-state index in [2.05, 4.69) is 10.6 Å². The molecule has 52 heavy (non-hydrogen) atoms. The van der Waals surface area contributed by atoms with Crippen LogP contribution in [-0.4, -0.2) is 68.1 Å². The van der Waals surface area contributed by atoms with Crippen LogP contribution in [-0.2, 0) is 36.9 Å². The zero-order chi connectivity index (χ0) is 38.6. The van der Waals surface area contributed by atoms with Crippen molar-refractivity contribution in [1.29, 1.82) is 0 Å². The Kier molecular flexibility index (Phi) is 14.8. The van der Waals surface area contributed by atoms with Gasteiger partial charge in [-0.25, -0.2) is 4.79 Å². The van der Waals surface area contributed by atoms with Crippen molar-refractivity contribution in [2.45, 2.75) is 71.4 Å². The highest BCUT2D eigenvalue weighted by molar-refractivity contribution is 6.03. The minimum absolute atomic E-state index is 0.0153. The number of hydrogen-bond acceptors (Lipinski definition) is 7. The van der Waals surface area contributed by atoms with Crippen LogP contribution in [0.2, 0.25) is 0 Å². The van der Waals surface area contributed by atoms with Crippen LogP contribution in [0.25, 0.3) is 0 Å². The minimum Gasteiger partial charge on any atom is -0.489 e. The fraction of sp³-hybridized carbons (Fsp3) is 0.395. The number of benzene rings is 3. The number of para-hydroxylation sites is 1. The van der Waals surface area contributed by atoms with Gasteiger partial charge in [0.05, 0.1) is 7.11 Å². The first-order valence-corrected chi connectivity index (χ1v) is 16.8. The number of ether oxygens (including phenoxy) is 2. The lowest BCUT2D eigenvalue weighted by atomic mass is 9.96. The van der Waals surface area contributed by atoms with E-state index in [1.165, 1.54) is 32.4 Å². The van der Waals surface area contributed by atoms with E-state index in [1.807, 2.05) is 6.92 Å². The second-order valence-electron chi connectivity index (χ2n) is 12.6. The van der Waals surface area contributed by atoms with E-state index in [0.717, 1.165) is 4.90 Å². The maximum absolute atomic E-state index is 14.1. The van der Waals surface area contributed by atoms with Gasteiger partial charge in [0, 0.05) is 30.3 Å². The molecule has 14 heteroatoms. The van der Waals surface area contributed by atoms with Gasteiger partial charge in [-0.1, -0.05) is 88.7 Å². The Bertz CT molecular complexity index is 1690. The molecule has 280 valence electrons. The Balaban J connectivity index is 2.01. The van der Waals surface area contributed by atoms with Gasteiger partial charge in [0.15, 0.2) is 0 Å². The van der Waals surface area contributed by atoms with Crippen LogP contribution >= 0.6 is 0 Å². The largest absolute Gasteiger partial charge is 0.489 e. The summed E-state index contributed by atoms with van der Waals surface area (Å²) in [6.07, 6.45) is -4.99. The van der Waals surface area contributed by atoms with Crippen LogP contribution in [0.5, 0.6) is 5.75 Å². The summed E-state index contributed by atoms with van der Waals surface area (Å²) in [5, 5.41) is 7.26. The molecule has 0 bridgehead atoms. The summed E-state index contributed by atoms with van der Waals surface area (Å²) in [6.45, 7) is 6.97. The molecular formula is C38H45F3N4O7. The SMILES string of the molecule is CCC(C)[C@H](NC(=O)c1cc(N(C)C(=O)[C@H](Cc2ccccc2)NC(=O)C(F)(F)F)ccc1COc1ccccc1)C(=O)N[C@H](C(=O)OC)C(C)C. The van der Waals surface area contributed by atoms with Crippen molar-refractivity contribution >= 4 is 35.3 Å². The third-order valence-electron chi connectivity index (χ3n) is 8.54. The van der Waals surface area contributed by atoms with Crippen LogP contribution in [0.3, 0.4) is 0 Å². The molecule has 0 saturated heterocycles. The Morgan fingerprint density at radius 1 is 0.827 bits per heavy atom. The molecule has 3 rings (SSSR count). The van der Waals surface area contributed by atoms with Gasteiger partial charge in [0.25, 0.3) is 5.91 Å². The summed E-state index contributed by atoms with van der Waals surface area (Å²) < 4.78 is 50.6. The van der Waals surface area contributed by atoms with Crippen molar-refractivity contribution in [1.82, 2.24) is 16.0 Å². The molecule has 0 radical (unpaired) electrons. The van der Waals surface area contributed by atoms with Crippen LogP contribution in [0.1, 0.15) is 55.6 Å². The normalized spacial score (nSPS) is 13.6. The first-order valence-electron chi connectivity index (χ1n) is 16.8. The predicted molar refractivity (Wildman–Crippen MR) is 188 cm³/mol. The van der Waals surface area contributed by atoms with Gasteiger partial charge in [0.2, 0.25) is 11.8 Å². The summed E-state index contributed by atoms with van der Waals surface area (Å²) >= 11 is 0. The molecule has 0 aliphatic carbocycles. The molecule has 0 aromatic heterocycles. The fourth-order valence-corrected chi connectivity index (χ4v) is 5.23. The number of alkyl halides is 3. The van der Waals surface area contributed by atoms with E-state index < -0.39 is 53.9 Å². The highest BCUT2D eigenvalue weighted by atomic mass is 19.4. The van der Waals surface area contributed by atoms with Gasteiger partial charge in [-0.3, -0.25) is 19.2 Å². The average molecular weight is 727 g/mol. The summed E-state index contributed by atoms with van der Waals surface area (Å²) in [4.78, 5) is 66.8. The molecule has 3 N–H and O–H groups in total. The molecule has 3 aromatic rings. The summed E-state index contributed by atoms with van der Waals surface area (Å²) in [5.41, 5.74) is 1.01. The maximum Gasteiger partial charge on any atom is 0.471 e. The molecule has 1 unspecified atom stereocenters. The number of nitrogens with one attached hydrogen (secondary N) is 3. The zero-order valence-electron chi connectivity index (χ0n) is 30.0. The maximum atomic E-state index is 14.1. The number of nitrogens with zero attached hydrogens (tertiary/aromatic N) is 1. The van der Waals surface area contributed by atoms with Crippen molar-refractivity contribution < 1.29 is 46.6 Å². The first kappa shape index (κ1) is 41.0. The molecule has 4 amide bonds. The first-order chi connectivity index (χ1) is 24.6. The summed E-state index contributed by atoms with van der Waals surface area (Å²) in [7, 11) is 2.52. The molecule has 0 spiro atoms. The van der Waals surface area contributed by atoms with E-state index in [1.54, 1.807) is 86.8 Å². The lowest BCUT2D eigenvalue weighted by Crippen LogP contribution is -2.55. The number of carbonyl (C=O) groups is 5. The van der Waals surface area contributed by atoms with Crippen molar-refractivity contribution in [3.05, 3.63) is 95.6 Å². The zero-order valence-corrected chi connectivity index (χ0v) is 30.0. The van der Waals surface area contributed by atoms with E-state index in [-0.39, 0.29) is 36.1 Å². The van der Waals surface area contributed by atoms with Crippen molar-refractivity contribution in [3.8, 4) is 5.75 Å². The van der Waals surface area contributed by atoms with E-state index in [4.69, 9.17) is 9.47 Å². The molecule has 0 aliphatic heterocycles. The highest BCUT2D eigenvalue weighted by Crippen LogP contribution is 2.24. The number of hydrogen-bond donors (Lipinski definition) is 3. The van der Waals surface area contributed by atoms with Gasteiger partial charge in [0.1, 0.15) is 30.5 Å². The lowest BCUT2D eigenvalue weighted by Gasteiger charge is -2.28. The van der Waals surface area contributed by atoms with E-state index in [9.17, 15) is 37.1 Å². The third-order valence-corrected chi connectivity index (χ3v) is 8.54. The second-order valence-corrected chi connectivity index (χ2v) is 12.6. The molecular weight excluding hydrogens is 681 g/mol. The van der Waals surface area contributed by atoms with E-state index >= 15 is 0 Å². The Morgan fingerprint density at radius 2 is 1.44 bits per heavy atom. The predicted octanol–water partition coefficient (Wildman–Crippen LogP) is 4.98. The number of esters is 1. The summed E-state index contributed by atoms with van der Waals surface area (Å²) in [5.74, 6) is -5.30. The third kappa shape index (κ3) is 11.3. The quantitative estimate of drug-likeness (QED) is 0.177. The van der Waals surface area contributed by atoms with Crippen molar-refractivity contribution in [2.24, 2.45) is 11.8 Å². The molecule has 0 heterocycles. The number of rotatable bonds is 16. The average Bonchev–Trinajstić information content (AvgIpc) is 3.13. The van der Waals surface area contributed by atoms with Crippen LogP contribution < -0.4 is 25.6 Å². The molecule has 0 saturated carbocycles. The minimum atomic E-state index is -5.23. The van der Waals surface area contributed by atoms with Gasteiger partial charge < -0.3 is 30.3 Å². The van der Waals surface area contributed by atoms with E-state index in [0.29, 0.717) is 23.3 Å². The molecule has 0 fully saturated rings. The van der Waals surface area contributed by atoms with Gasteiger partial charge in [-0.2, -0.15) is 13.2 Å². The second kappa shape index (κ2) is 18.7. The number of likely N-dealkylation sites (N-methyl/N-ethyl adjacent to an activating group) is 1. The Morgan fingerprint density at radius 3 is 2.00 bits per heavy atom. The van der Waals surface area contributed by atoms with Crippen molar-refractivity contribution in [2.75, 3.05) is 19.1 Å². The van der Waals surface area contributed by atoms with Gasteiger partial charge in [-0.05, 0) is 41.7 Å². The summed E-state index contributed by atoms with van der Waals surface area (Å²) in [6, 6.07) is 17.7. The molecule has 4 atom stereocenters. The topological polar surface area (TPSA) is 143 Å². The number of methoxy groups -OCH3 is 1. The molecule has 11 nitrogen and oxygen atoms in total. The standard InChI is InChI=1S/C38H45F3N4O7/c1-7-24(4)32(34(47)43-31(23(2)3)36(49)51-6)44-33(46)29-21-27(19-18-26(29)22-52-28-16-12-9-13-17-28)45(5)35(48)30(42-37(50)38(39,40)41)20-25-14-10-8-11-15-25/h8-19,21,23-24,30-32H,7,20,22H2,1-6H3,(H,42,50)(H,43,47)(H,44,46)/t24?,30-,31-,32-/m0/s1. The van der Waals surface area contributed by atoms with Crippen LogP contribution in [0.4, 0.5) is 18.9 Å². The Hall–Kier alpha value is -5.40. The molecule has 0 aliphatic rings. The number of anilines is 1. The fourth-order valence-electron chi connectivity index (χ4n) is 5.23. The van der Waals surface area contributed by atoms with Gasteiger partial charge >= 0.3 is 18.1 Å². The lowest BCUT2D eigenvalue weighted by molar-refractivity contribution is -0.174. The van der Waals surface area contributed by atoms with Gasteiger partial charge in [-0.15, -0.1) is 0 Å². The van der Waals surface area contributed by atoms with Crippen LogP contribution in [0.15, 0.2) is 78.9 Å². The van der Waals surface area contributed by atoms with Crippen molar-refractivity contribution in [3.63, 3.8) is 0 Å². The smallest absolute Gasteiger partial charge is 0.471 e. The molecule has 3 aromatic carbocycles. The number of carbonyl (C=O) groups excluding carboxylic acids is 5. The highest BCUT2D eigenvalue weighted by Gasteiger charge is 2.41. The van der Waals surface area contributed by atoms with Crippen LogP contribution in [0, 0.1) is 11.8 Å².